The number of benzene rings is 1. The number of nitrogens with zero attached hydrogens (tertiary/aromatic N) is 4. The first-order valence-corrected chi connectivity index (χ1v) is 9.93. The number of piperazine rings is 1. The Morgan fingerprint density at radius 2 is 1.65 bits per heavy atom. The molecule has 3 amide bonds. The van der Waals surface area contributed by atoms with Crippen molar-refractivity contribution in [3.63, 3.8) is 0 Å². The van der Waals surface area contributed by atoms with Gasteiger partial charge in [0.15, 0.2) is 0 Å². The van der Waals surface area contributed by atoms with Gasteiger partial charge in [0, 0.05) is 62.3 Å². The molecule has 4 rings (SSSR count). The monoisotopic (exact) mass is 418 g/mol. The van der Waals surface area contributed by atoms with Crippen molar-refractivity contribution in [1.29, 1.82) is 0 Å². The Morgan fingerprint density at radius 3 is 2.26 bits per heavy atom. The van der Waals surface area contributed by atoms with Crippen molar-refractivity contribution in [1.82, 2.24) is 25.0 Å². The number of carbonyl (C=O) groups excluding carboxylic acids is 3. The Hall–Kier alpha value is -4.01. The minimum Gasteiger partial charge on any atom is -0.335 e. The Morgan fingerprint density at radius 1 is 0.968 bits per heavy atom. The zero-order valence-corrected chi connectivity index (χ0v) is 17.0. The van der Waals surface area contributed by atoms with Crippen LogP contribution in [0.3, 0.4) is 0 Å². The summed E-state index contributed by atoms with van der Waals surface area (Å²) in [5, 5.41) is 9.68. The highest BCUT2D eigenvalue weighted by Crippen LogP contribution is 2.18. The predicted molar refractivity (Wildman–Crippen MR) is 114 cm³/mol. The topological polar surface area (TPSA) is 111 Å². The molecule has 1 fully saturated rings. The van der Waals surface area contributed by atoms with Gasteiger partial charge in [0.25, 0.3) is 11.8 Å². The fourth-order valence-electron chi connectivity index (χ4n) is 3.46. The van der Waals surface area contributed by atoms with Crippen LogP contribution in [0.5, 0.6) is 0 Å². The second-order valence-electron chi connectivity index (χ2n) is 7.25. The summed E-state index contributed by atoms with van der Waals surface area (Å²) in [4.78, 5) is 44.2. The number of rotatable bonds is 4. The molecule has 1 aromatic carbocycles. The average molecular weight is 418 g/mol. The number of amides is 3. The SMILES string of the molecule is CC(=O)Nc1ccc(C(=O)N2CCN(C(=O)c3cc(-c4cccnc4)n[nH]3)CC2)cc1. The summed E-state index contributed by atoms with van der Waals surface area (Å²) in [7, 11) is 0. The second-order valence-corrected chi connectivity index (χ2v) is 7.25. The second kappa shape index (κ2) is 8.78. The third-order valence-corrected chi connectivity index (χ3v) is 5.07. The number of carbonyl (C=O) groups is 3. The molecule has 2 N–H and O–H groups in total. The van der Waals surface area contributed by atoms with Crippen LogP contribution in [-0.4, -0.2) is 68.9 Å². The van der Waals surface area contributed by atoms with Gasteiger partial charge in [-0.1, -0.05) is 0 Å². The van der Waals surface area contributed by atoms with Crippen LogP contribution in [0.4, 0.5) is 5.69 Å². The van der Waals surface area contributed by atoms with Crippen molar-refractivity contribution in [2.45, 2.75) is 6.92 Å². The lowest BCUT2D eigenvalue weighted by atomic mass is 10.1. The fraction of sp³-hybridized carbons (Fsp3) is 0.227. The van der Waals surface area contributed by atoms with Crippen molar-refractivity contribution < 1.29 is 14.4 Å². The highest BCUT2D eigenvalue weighted by molar-refractivity contribution is 5.96. The maximum Gasteiger partial charge on any atom is 0.272 e. The van der Waals surface area contributed by atoms with Gasteiger partial charge in [-0.25, -0.2) is 0 Å². The molecule has 0 radical (unpaired) electrons. The highest BCUT2D eigenvalue weighted by Gasteiger charge is 2.26. The molecular formula is C22H22N6O3. The first-order valence-electron chi connectivity index (χ1n) is 9.93. The van der Waals surface area contributed by atoms with E-state index in [0.717, 1.165) is 5.56 Å². The molecule has 9 nitrogen and oxygen atoms in total. The lowest BCUT2D eigenvalue weighted by Gasteiger charge is -2.34. The zero-order valence-electron chi connectivity index (χ0n) is 17.0. The quantitative estimate of drug-likeness (QED) is 0.673. The van der Waals surface area contributed by atoms with E-state index in [4.69, 9.17) is 0 Å². The molecular weight excluding hydrogens is 396 g/mol. The van der Waals surface area contributed by atoms with Crippen LogP contribution in [-0.2, 0) is 4.79 Å². The molecule has 1 aliphatic rings. The Labute approximate surface area is 179 Å². The van der Waals surface area contributed by atoms with Gasteiger partial charge in [0.05, 0.1) is 5.69 Å². The number of hydrogen-bond donors (Lipinski definition) is 2. The van der Waals surface area contributed by atoms with E-state index in [1.807, 2.05) is 12.1 Å². The van der Waals surface area contributed by atoms with E-state index in [0.29, 0.717) is 48.8 Å². The molecule has 9 heteroatoms. The third kappa shape index (κ3) is 4.61. The van der Waals surface area contributed by atoms with Gasteiger partial charge in [0.1, 0.15) is 5.69 Å². The maximum absolute atomic E-state index is 12.8. The van der Waals surface area contributed by atoms with Crippen LogP contribution in [0.1, 0.15) is 27.8 Å². The number of anilines is 1. The van der Waals surface area contributed by atoms with Gasteiger partial charge in [0.2, 0.25) is 5.91 Å². The molecule has 0 saturated carbocycles. The molecule has 0 aliphatic carbocycles. The number of pyridine rings is 1. The summed E-state index contributed by atoms with van der Waals surface area (Å²) in [5.74, 6) is -0.402. The van der Waals surface area contributed by atoms with Gasteiger partial charge in [-0.05, 0) is 42.5 Å². The van der Waals surface area contributed by atoms with Crippen molar-refractivity contribution in [3.05, 3.63) is 66.1 Å². The standard InChI is InChI=1S/C22H22N6O3/c1-15(29)24-18-6-4-16(5-7-18)21(30)27-9-11-28(12-10-27)22(31)20-13-19(25-26-20)17-3-2-8-23-14-17/h2-8,13-14H,9-12H2,1H3,(H,24,29)(H,25,26). The Bertz CT molecular complexity index is 1090. The van der Waals surface area contributed by atoms with E-state index in [2.05, 4.69) is 20.5 Å². The molecule has 0 spiro atoms. The molecule has 3 heterocycles. The van der Waals surface area contributed by atoms with E-state index in [9.17, 15) is 14.4 Å². The first-order chi connectivity index (χ1) is 15.0. The smallest absolute Gasteiger partial charge is 0.272 e. The summed E-state index contributed by atoms with van der Waals surface area (Å²) in [6.45, 7) is 3.21. The number of nitrogens with one attached hydrogen (secondary N) is 2. The van der Waals surface area contributed by atoms with Gasteiger partial charge in [-0.3, -0.25) is 24.5 Å². The van der Waals surface area contributed by atoms with Crippen LogP contribution in [0, 0.1) is 0 Å². The molecule has 0 bridgehead atoms. The van der Waals surface area contributed by atoms with E-state index in [1.165, 1.54) is 6.92 Å². The van der Waals surface area contributed by atoms with Crippen LogP contribution in [0.2, 0.25) is 0 Å². The van der Waals surface area contributed by atoms with Crippen LogP contribution < -0.4 is 5.32 Å². The lowest BCUT2D eigenvalue weighted by Crippen LogP contribution is -2.50. The summed E-state index contributed by atoms with van der Waals surface area (Å²) < 4.78 is 0. The maximum atomic E-state index is 12.8. The molecule has 0 unspecified atom stereocenters. The number of hydrogen-bond acceptors (Lipinski definition) is 5. The van der Waals surface area contributed by atoms with E-state index >= 15 is 0 Å². The fourth-order valence-corrected chi connectivity index (χ4v) is 3.46. The summed E-state index contributed by atoms with van der Waals surface area (Å²) in [6.07, 6.45) is 3.37. The first kappa shape index (κ1) is 20.3. The van der Waals surface area contributed by atoms with E-state index in [1.54, 1.807) is 52.5 Å². The van der Waals surface area contributed by atoms with Gasteiger partial charge in [-0.2, -0.15) is 5.10 Å². The van der Waals surface area contributed by atoms with Crippen LogP contribution >= 0.6 is 0 Å². The van der Waals surface area contributed by atoms with Crippen molar-refractivity contribution in [3.8, 4) is 11.3 Å². The van der Waals surface area contributed by atoms with Crippen molar-refractivity contribution in [2.75, 3.05) is 31.5 Å². The highest BCUT2D eigenvalue weighted by atomic mass is 16.2. The van der Waals surface area contributed by atoms with Crippen molar-refractivity contribution in [2.24, 2.45) is 0 Å². The van der Waals surface area contributed by atoms with Crippen LogP contribution in [0.25, 0.3) is 11.3 Å². The molecule has 1 aliphatic heterocycles. The number of aromatic amines is 1. The Balaban J connectivity index is 1.35. The molecule has 158 valence electrons. The third-order valence-electron chi connectivity index (χ3n) is 5.07. The average Bonchev–Trinajstić information content (AvgIpc) is 3.29. The lowest BCUT2D eigenvalue weighted by molar-refractivity contribution is -0.114. The van der Waals surface area contributed by atoms with E-state index in [-0.39, 0.29) is 17.7 Å². The van der Waals surface area contributed by atoms with Crippen molar-refractivity contribution >= 4 is 23.4 Å². The molecule has 1 saturated heterocycles. The minimum absolute atomic E-state index is 0.0955. The van der Waals surface area contributed by atoms with E-state index < -0.39 is 0 Å². The molecule has 0 atom stereocenters. The molecule has 31 heavy (non-hydrogen) atoms. The molecule has 2 aromatic heterocycles. The molecule has 3 aromatic rings. The predicted octanol–water partition coefficient (Wildman–Crippen LogP) is 2.03. The number of H-pyrrole nitrogens is 1. The van der Waals surface area contributed by atoms with Crippen LogP contribution in [0.15, 0.2) is 54.9 Å². The minimum atomic E-state index is -0.162. The largest absolute Gasteiger partial charge is 0.335 e. The zero-order chi connectivity index (χ0) is 21.8. The summed E-state index contributed by atoms with van der Waals surface area (Å²) >= 11 is 0. The van der Waals surface area contributed by atoms with Gasteiger partial charge < -0.3 is 15.1 Å². The Kier molecular flexibility index (Phi) is 5.74. The van der Waals surface area contributed by atoms with Gasteiger partial charge >= 0.3 is 0 Å². The number of aromatic nitrogens is 3. The van der Waals surface area contributed by atoms with Gasteiger partial charge in [-0.15, -0.1) is 0 Å². The normalized spacial score (nSPS) is 13.7. The summed E-state index contributed by atoms with van der Waals surface area (Å²) in [5.41, 5.74) is 3.09. The summed E-state index contributed by atoms with van der Waals surface area (Å²) in [6, 6.07) is 12.2.